The largest absolute Gasteiger partial charge is 0.550 e. The van der Waals surface area contributed by atoms with Crippen LogP contribution in [0.3, 0.4) is 0 Å². The molecule has 0 saturated carbocycles. The Bertz CT molecular complexity index is 779. The van der Waals surface area contributed by atoms with E-state index in [4.69, 9.17) is 2.81 Å². The predicted molar refractivity (Wildman–Crippen MR) is 270 cm³/mol. The van der Waals surface area contributed by atoms with E-state index in [2.05, 4.69) is 20.8 Å². The molecule has 65 heavy (non-hydrogen) atoms. The van der Waals surface area contributed by atoms with Crippen molar-refractivity contribution < 1.29 is 57.7 Å². The van der Waals surface area contributed by atoms with Gasteiger partial charge in [0.15, 0.2) is 0 Å². The summed E-state index contributed by atoms with van der Waals surface area (Å²) in [6, 6.07) is 0. The van der Waals surface area contributed by atoms with Crippen molar-refractivity contribution in [2.75, 3.05) is 0 Å². The molecule has 0 unspecified atom stereocenters. The first-order valence-corrected chi connectivity index (χ1v) is 29.5. The summed E-state index contributed by atoms with van der Waals surface area (Å²) in [6.45, 7) is 10.8. The van der Waals surface area contributed by atoms with Crippen molar-refractivity contribution in [2.24, 2.45) is 0 Å². The second-order valence-electron chi connectivity index (χ2n) is 19.4. The molecule has 0 saturated heterocycles. The topological polar surface area (TPSA) is 130 Å². The van der Waals surface area contributed by atoms with Crippen LogP contribution >= 0.6 is 0 Å². The van der Waals surface area contributed by atoms with Gasteiger partial charge in [-0.3, -0.25) is 0 Å². The normalized spacial score (nSPS) is 10.8. The van der Waals surface area contributed by atoms with E-state index in [0.717, 1.165) is 63.7 Å². The third-order valence-corrected chi connectivity index (χ3v) is 13.3. The van der Waals surface area contributed by atoms with Crippen molar-refractivity contribution in [2.45, 2.75) is 349 Å². The van der Waals surface area contributed by atoms with Gasteiger partial charge in [0.25, 0.3) is 0 Å². The third-order valence-electron chi connectivity index (χ3n) is 12.2. The van der Waals surface area contributed by atoms with Crippen molar-refractivity contribution in [1.82, 2.24) is 0 Å². The van der Waals surface area contributed by atoms with E-state index < -0.39 is 17.9 Å². The third kappa shape index (κ3) is 86.9. The van der Waals surface area contributed by atoms with E-state index in [0.29, 0.717) is 6.10 Å². The van der Waals surface area contributed by atoms with Gasteiger partial charge in [0.1, 0.15) is 0 Å². The van der Waals surface area contributed by atoms with Gasteiger partial charge in [-0.25, -0.2) is 0 Å². The standard InChI is InChI=1S/3C18H36O2.C3H7O.Zr/c3*1-2-3-4-5-6-7-8-9-10-11-12-13-14-15-16-17-18(19)20;1-3(2)4;/h3*2-17H2,1H3,(H,19,20);3H,1-2H3;/q;;;-1;+4/p-3. The molecular weight excluding hydrogens is 888 g/mol. The minimum Gasteiger partial charge on any atom is -0.550 e. The summed E-state index contributed by atoms with van der Waals surface area (Å²) in [5.74, 6) is -2.71. The molecule has 0 heterocycles. The van der Waals surface area contributed by atoms with Crippen LogP contribution in [0.15, 0.2) is 0 Å². The molecule has 0 amide bonds. The zero-order valence-electron chi connectivity index (χ0n) is 44.4. The van der Waals surface area contributed by atoms with Crippen LogP contribution in [0, 0.1) is 0 Å². The number of carbonyl (C=O) groups excluding carboxylic acids is 3. The van der Waals surface area contributed by atoms with E-state index in [1.54, 1.807) is 0 Å². The minimum absolute atomic E-state index is 0.234. The summed E-state index contributed by atoms with van der Waals surface area (Å²) in [6.07, 6.45) is 60.0. The quantitative estimate of drug-likeness (QED) is 0.0555. The average Bonchev–Trinajstić information content (AvgIpc) is 3.28. The second kappa shape index (κ2) is 67.5. The van der Waals surface area contributed by atoms with Crippen molar-refractivity contribution >= 4 is 17.9 Å². The SMILES string of the molecule is CC(C)[O][Zr+3].CCCCCCCCCCCCCCCCCC(=O)[O-].CCCCCCCCCCCCCCCCCC(=O)[O-].CCCCCCCCCCCCCCCCCC(=O)[O-]. The Morgan fingerprint density at radius 2 is 0.400 bits per heavy atom. The number of aliphatic carboxylic acids is 3. The Morgan fingerprint density at radius 3 is 0.492 bits per heavy atom. The molecule has 0 aromatic heterocycles. The van der Waals surface area contributed by atoms with Gasteiger partial charge in [-0.05, 0) is 38.5 Å². The first-order valence-electron chi connectivity index (χ1n) is 28.5. The van der Waals surface area contributed by atoms with Crippen molar-refractivity contribution in [3.8, 4) is 0 Å². The van der Waals surface area contributed by atoms with Crippen LogP contribution in [0.1, 0.15) is 343 Å². The smallest absolute Gasteiger partial charge is 0.0414 e. The summed E-state index contributed by atoms with van der Waals surface area (Å²) in [7, 11) is 0. The molecule has 386 valence electrons. The molecule has 0 spiro atoms. The summed E-state index contributed by atoms with van der Waals surface area (Å²) >= 11 is 1.16. The second-order valence-corrected chi connectivity index (χ2v) is 20.0. The Balaban J connectivity index is -0.000000407. The molecule has 7 nitrogen and oxygen atoms in total. The molecule has 0 N–H and O–H groups in total. The molecule has 0 atom stereocenters. The van der Waals surface area contributed by atoms with Crippen LogP contribution < -0.4 is 15.3 Å². The summed E-state index contributed by atoms with van der Waals surface area (Å²) in [5.41, 5.74) is 0. The number of unbranched alkanes of at least 4 members (excludes halogenated alkanes) is 42. The molecule has 0 aliphatic carbocycles. The van der Waals surface area contributed by atoms with Crippen molar-refractivity contribution in [1.29, 1.82) is 0 Å². The first-order chi connectivity index (χ1) is 31.6. The Hall–Kier alpha value is -0.747. The summed E-state index contributed by atoms with van der Waals surface area (Å²) < 4.78 is 4.84. The molecule has 0 fully saturated rings. The molecule has 0 radical (unpaired) electrons. The van der Waals surface area contributed by atoms with Gasteiger partial charge >= 0.3 is 47.9 Å². The van der Waals surface area contributed by atoms with Crippen LogP contribution in [-0.4, -0.2) is 24.0 Å². The molecular formula is C57H112O7Zr. The number of carboxylic acids is 3. The van der Waals surface area contributed by atoms with E-state index in [9.17, 15) is 29.7 Å². The van der Waals surface area contributed by atoms with Crippen LogP contribution in [0.4, 0.5) is 0 Å². The summed E-state index contributed by atoms with van der Waals surface area (Å²) in [5, 5.41) is 30.7. The Labute approximate surface area is 422 Å². The van der Waals surface area contributed by atoms with Crippen LogP contribution in [-0.2, 0) is 42.4 Å². The molecule has 0 rings (SSSR count). The first kappa shape index (κ1) is 70.8. The van der Waals surface area contributed by atoms with Crippen LogP contribution in [0.25, 0.3) is 0 Å². The number of carboxylic acid groups (broad SMARTS) is 3. The Morgan fingerprint density at radius 1 is 0.292 bits per heavy atom. The van der Waals surface area contributed by atoms with E-state index in [1.165, 1.54) is 250 Å². The molecule has 0 aliphatic rings. The zero-order chi connectivity index (χ0) is 49.0. The number of carbonyl (C=O) groups is 3. The van der Waals surface area contributed by atoms with Crippen molar-refractivity contribution in [3.05, 3.63) is 0 Å². The number of rotatable bonds is 49. The van der Waals surface area contributed by atoms with E-state index in [1.807, 2.05) is 13.8 Å². The fourth-order valence-corrected chi connectivity index (χ4v) is 7.92. The van der Waals surface area contributed by atoms with Gasteiger partial charge in [0.05, 0.1) is 0 Å². The average molecular weight is 1000 g/mol. The zero-order valence-corrected chi connectivity index (χ0v) is 46.8. The Kier molecular flexibility index (Phi) is 73.6. The molecule has 0 aromatic rings. The molecule has 0 bridgehead atoms. The maximum absolute atomic E-state index is 10.2. The summed E-state index contributed by atoms with van der Waals surface area (Å²) in [4.78, 5) is 30.7. The predicted octanol–water partition coefficient (Wildman–Crippen LogP) is 15.9. The minimum atomic E-state index is -0.903. The fourth-order valence-electron chi connectivity index (χ4n) is 7.92. The molecule has 0 aromatic carbocycles. The fraction of sp³-hybridized carbons (Fsp3) is 0.947. The van der Waals surface area contributed by atoms with Crippen LogP contribution in [0.5, 0.6) is 0 Å². The van der Waals surface area contributed by atoms with Gasteiger partial charge in [0.2, 0.25) is 0 Å². The van der Waals surface area contributed by atoms with Gasteiger partial charge in [-0.1, -0.05) is 290 Å². The van der Waals surface area contributed by atoms with Crippen LogP contribution in [0.2, 0.25) is 0 Å². The van der Waals surface area contributed by atoms with Gasteiger partial charge in [-0.15, -0.1) is 0 Å². The van der Waals surface area contributed by atoms with Gasteiger partial charge in [0, 0.05) is 17.9 Å². The maximum Gasteiger partial charge on any atom is 0.0414 e. The van der Waals surface area contributed by atoms with E-state index in [-0.39, 0.29) is 19.3 Å². The monoisotopic (exact) mass is 999 g/mol. The van der Waals surface area contributed by atoms with Gasteiger partial charge < -0.3 is 29.7 Å². The maximum atomic E-state index is 10.2. The van der Waals surface area contributed by atoms with E-state index >= 15 is 0 Å². The molecule has 8 heteroatoms. The number of hydrogen-bond donors (Lipinski definition) is 0. The van der Waals surface area contributed by atoms with Gasteiger partial charge in [-0.2, -0.15) is 0 Å². The molecule has 0 aliphatic heterocycles. The van der Waals surface area contributed by atoms with Crippen molar-refractivity contribution in [3.63, 3.8) is 0 Å². The number of hydrogen-bond acceptors (Lipinski definition) is 7.